The maximum Gasteiger partial charge on any atom is 0.410 e. The molecule has 0 aliphatic carbocycles. The molecule has 6 nitrogen and oxygen atoms in total. The fourth-order valence-electron chi connectivity index (χ4n) is 2.47. The van der Waals surface area contributed by atoms with Crippen LogP contribution in [0.3, 0.4) is 0 Å². The van der Waals surface area contributed by atoms with Gasteiger partial charge in [0.25, 0.3) is 0 Å². The Morgan fingerprint density at radius 2 is 2.19 bits per heavy atom. The van der Waals surface area contributed by atoms with Crippen molar-refractivity contribution in [3.05, 3.63) is 18.0 Å². The number of hydrogen-bond acceptors (Lipinski definition) is 4. The Balaban J connectivity index is 2.07. The van der Waals surface area contributed by atoms with Gasteiger partial charge in [-0.1, -0.05) is 0 Å². The average molecular weight is 294 g/mol. The van der Waals surface area contributed by atoms with Crippen LogP contribution in [0.2, 0.25) is 0 Å². The van der Waals surface area contributed by atoms with E-state index in [2.05, 4.69) is 24.3 Å². The van der Waals surface area contributed by atoms with Crippen LogP contribution in [0.15, 0.2) is 12.3 Å². The zero-order valence-electron chi connectivity index (χ0n) is 13.6. The summed E-state index contributed by atoms with van der Waals surface area (Å²) in [4.78, 5) is 14.0. The molecule has 1 fully saturated rings. The monoisotopic (exact) mass is 294 g/mol. The second-order valence-corrected chi connectivity index (χ2v) is 6.73. The van der Waals surface area contributed by atoms with E-state index < -0.39 is 5.60 Å². The summed E-state index contributed by atoms with van der Waals surface area (Å²) in [6.45, 7) is 11.9. The average Bonchev–Trinajstić information content (AvgIpc) is 2.86. The van der Waals surface area contributed by atoms with E-state index in [1.165, 1.54) is 0 Å². The van der Waals surface area contributed by atoms with Crippen molar-refractivity contribution in [3.8, 4) is 0 Å². The summed E-state index contributed by atoms with van der Waals surface area (Å²) in [5.41, 5.74) is 0.648. The molecule has 0 aromatic carbocycles. The molecule has 118 valence electrons. The molecule has 1 unspecified atom stereocenters. The largest absolute Gasteiger partial charge is 0.444 e. The van der Waals surface area contributed by atoms with Crippen molar-refractivity contribution in [2.45, 2.75) is 52.3 Å². The van der Waals surface area contributed by atoms with Gasteiger partial charge in [-0.05, 0) is 40.7 Å². The number of hydrogen-bond donors (Lipinski definition) is 1. The van der Waals surface area contributed by atoms with Crippen LogP contribution < -0.4 is 5.32 Å². The first kappa shape index (κ1) is 15.8. The summed E-state index contributed by atoms with van der Waals surface area (Å²) >= 11 is 0. The fourth-order valence-corrected chi connectivity index (χ4v) is 2.47. The summed E-state index contributed by atoms with van der Waals surface area (Å²) in [5, 5.41) is 7.82. The van der Waals surface area contributed by atoms with Crippen molar-refractivity contribution < 1.29 is 9.53 Å². The van der Waals surface area contributed by atoms with Crippen LogP contribution in [0, 0.1) is 0 Å². The number of aromatic nitrogens is 2. The first-order valence-corrected chi connectivity index (χ1v) is 7.52. The van der Waals surface area contributed by atoms with Gasteiger partial charge >= 0.3 is 6.09 Å². The van der Waals surface area contributed by atoms with E-state index in [0.717, 1.165) is 12.2 Å². The molecule has 1 aromatic rings. The van der Waals surface area contributed by atoms with E-state index in [0.29, 0.717) is 19.1 Å². The molecule has 1 aliphatic heterocycles. The van der Waals surface area contributed by atoms with Gasteiger partial charge in [0.15, 0.2) is 0 Å². The second kappa shape index (κ2) is 6.05. The first-order valence-electron chi connectivity index (χ1n) is 7.52. The lowest BCUT2D eigenvalue weighted by Gasteiger charge is -2.35. The third-order valence-electron chi connectivity index (χ3n) is 3.37. The lowest BCUT2D eigenvalue weighted by atomic mass is 10.1. The van der Waals surface area contributed by atoms with Crippen LogP contribution in [0.25, 0.3) is 0 Å². The van der Waals surface area contributed by atoms with Gasteiger partial charge in [0.1, 0.15) is 5.60 Å². The number of nitrogens with one attached hydrogen (secondary N) is 1. The van der Waals surface area contributed by atoms with Gasteiger partial charge in [0.05, 0.1) is 11.7 Å². The lowest BCUT2D eigenvalue weighted by Crippen LogP contribution is -2.50. The molecule has 0 bridgehead atoms. The predicted octanol–water partition coefficient (Wildman–Crippen LogP) is 2.35. The van der Waals surface area contributed by atoms with Crippen molar-refractivity contribution in [3.63, 3.8) is 0 Å². The van der Waals surface area contributed by atoms with Crippen LogP contribution in [0.4, 0.5) is 4.79 Å². The van der Waals surface area contributed by atoms with Crippen LogP contribution >= 0.6 is 0 Å². The highest BCUT2D eigenvalue weighted by Gasteiger charge is 2.29. The van der Waals surface area contributed by atoms with E-state index in [1.807, 2.05) is 37.7 Å². The smallest absolute Gasteiger partial charge is 0.410 e. The highest BCUT2D eigenvalue weighted by Crippen LogP contribution is 2.21. The number of piperazine rings is 1. The molecule has 2 rings (SSSR count). The molecular weight excluding hydrogens is 268 g/mol. The molecular formula is C15H26N4O2. The minimum atomic E-state index is -0.461. The Bertz CT molecular complexity index is 490. The van der Waals surface area contributed by atoms with Crippen LogP contribution in [0.1, 0.15) is 52.4 Å². The Hall–Kier alpha value is -1.56. The molecule has 6 heteroatoms. The number of carbonyl (C=O) groups is 1. The third-order valence-corrected chi connectivity index (χ3v) is 3.37. The standard InChI is InChI=1S/C15H26N4O2/c1-11(2)19-13(6-7-17-19)12-10-18(9-8-16-12)14(20)21-15(3,4)5/h6-7,11-12,16H,8-10H2,1-5H3. The lowest BCUT2D eigenvalue weighted by molar-refractivity contribution is 0.0192. The zero-order valence-corrected chi connectivity index (χ0v) is 13.6. The topological polar surface area (TPSA) is 59.4 Å². The van der Waals surface area contributed by atoms with Crippen molar-refractivity contribution in [2.24, 2.45) is 0 Å². The molecule has 21 heavy (non-hydrogen) atoms. The second-order valence-electron chi connectivity index (χ2n) is 6.73. The van der Waals surface area contributed by atoms with Crippen molar-refractivity contribution in [1.29, 1.82) is 0 Å². The summed E-state index contributed by atoms with van der Waals surface area (Å²) in [7, 11) is 0. The SMILES string of the molecule is CC(C)n1nccc1C1CN(C(=O)OC(C)(C)C)CCN1. The number of nitrogens with zero attached hydrogens (tertiary/aromatic N) is 3. The van der Waals surface area contributed by atoms with E-state index in [9.17, 15) is 4.79 Å². The summed E-state index contributed by atoms with van der Waals surface area (Å²) in [6.07, 6.45) is 1.56. The van der Waals surface area contributed by atoms with E-state index >= 15 is 0 Å². The number of ether oxygens (including phenoxy) is 1. The van der Waals surface area contributed by atoms with Crippen molar-refractivity contribution in [1.82, 2.24) is 20.0 Å². The molecule has 1 aromatic heterocycles. The quantitative estimate of drug-likeness (QED) is 0.909. The van der Waals surface area contributed by atoms with Gasteiger partial charge in [-0.15, -0.1) is 0 Å². The normalized spacial score (nSPS) is 19.9. The van der Waals surface area contributed by atoms with E-state index in [4.69, 9.17) is 4.74 Å². The zero-order chi connectivity index (χ0) is 15.6. The first-order chi connectivity index (χ1) is 9.78. The minimum absolute atomic E-state index is 0.0937. The van der Waals surface area contributed by atoms with Crippen molar-refractivity contribution in [2.75, 3.05) is 19.6 Å². The van der Waals surface area contributed by atoms with Gasteiger partial charge in [-0.25, -0.2) is 4.79 Å². The molecule has 2 heterocycles. The highest BCUT2D eigenvalue weighted by atomic mass is 16.6. The molecule has 0 spiro atoms. The molecule has 1 amide bonds. The third kappa shape index (κ3) is 3.97. The van der Waals surface area contributed by atoms with Gasteiger partial charge in [0.2, 0.25) is 0 Å². The highest BCUT2D eigenvalue weighted by molar-refractivity contribution is 5.68. The Labute approximate surface area is 126 Å². The van der Waals surface area contributed by atoms with Crippen LogP contribution in [-0.2, 0) is 4.74 Å². The molecule has 1 saturated heterocycles. The maximum atomic E-state index is 12.2. The number of carbonyl (C=O) groups excluding carboxylic acids is 1. The molecule has 1 atom stereocenters. The Morgan fingerprint density at radius 3 is 2.81 bits per heavy atom. The maximum absolute atomic E-state index is 12.2. The van der Waals surface area contributed by atoms with Gasteiger partial charge in [0, 0.05) is 31.9 Å². The van der Waals surface area contributed by atoms with Crippen LogP contribution in [0.5, 0.6) is 0 Å². The number of amides is 1. The number of rotatable bonds is 2. The van der Waals surface area contributed by atoms with Gasteiger partial charge in [-0.2, -0.15) is 5.10 Å². The molecule has 0 radical (unpaired) electrons. The summed E-state index contributed by atoms with van der Waals surface area (Å²) < 4.78 is 7.45. The fraction of sp³-hybridized carbons (Fsp3) is 0.733. The predicted molar refractivity (Wildman–Crippen MR) is 81.2 cm³/mol. The molecule has 1 N–H and O–H groups in total. The summed E-state index contributed by atoms with van der Waals surface area (Å²) in [5.74, 6) is 0. The van der Waals surface area contributed by atoms with Crippen LogP contribution in [-0.4, -0.2) is 46.0 Å². The summed E-state index contributed by atoms with van der Waals surface area (Å²) in [6, 6.07) is 2.40. The van der Waals surface area contributed by atoms with Gasteiger partial charge in [-0.3, -0.25) is 4.68 Å². The Kier molecular flexibility index (Phi) is 4.56. The van der Waals surface area contributed by atoms with E-state index in [-0.39, 0.29) is 12.1 Å². The van der Waals surface area contributed by atoms with Gasteiger partial charge < -0.3 is 15.0 Å². The Morgan fingerprint density at radius 1 is 1.48 bits per heavy atom. The molecule has 0 saturated carbocycles. The molecule has 1 aliphatic rings. The van der Waals surface area contributed by atoms with E-state index in [1.54, 1.807) is 4.90 Å². The minimum Gasteiger partial charge on any atom is -0.444 e. The van der Waals surface area contributed by atoms with Crippen molar-refractivity contribution >= 4 is 6.09 Å².